The number of carbonyl (C=O) groups is 1. The molecule has 0 aliphatic carbocycles. The third kappa shape index (κ3) is 5.36. The first-order chi connectivity index (χ1) is 8.79. The minimum atomic E-state index is -0.0319. The maximum absolute atomic E-state index is 12.1. The zero-order valence-corrected chi connectivity index (χ0v) is 11.9. The Morgan fingerprint density at radius 2 is 2.11 bits per heavy atom. The average Bonchev–Trinajstić information content (AvgIpc) is 2.63. The molecule has 106 valence electrons. The number of unbranched alkanes of at least 4 members (excludes halogenated alkanes) is 2. The van der Waals surface area contributed by atoms with Crippen LogP contribution in [-0.4, -0.2) is 49.7 Å². The predicted molar refractivity (Wildman–Crippen MR) is 73.6 cm³/mol. The zero-order chi connectivity index (χ0) is 13.2. The van der Waals surface area contributed by atoms with Gasteiger partial charge in [0.15, 0.2) is 0 Å². The Kier molecular flexibility index (Phi) is 8.01. The van der Waals surface area contributed by atoms with E-state index in [2.05, 4.69) is 17.1 Å². The summed E-state index contributed by atoms with van der Waals surface area (Å²) in [6.07, 6.45) is 5.55. The van der Waals surface area contributed by atoms with Crippen molar-refractivity contribution >= 4 is 5.97 Å². The first-order valence-corrected chi connectivity index (χ1v) is 7.41. The van der Waals surface area contributed by atoms with Gasteiger partial charge in [0.05, 0.1) is 6.61 Å². The second-order valence-corrected chi connectivity index (χ2v) is 4.90. The summed E-state index contributed by atoms with van der Waals surface area (Å²) < 4.78 is 5.23. The molecular formula is C14H28N2O2. The fourth-order valence-corrected chi connectivity index (χ4v) is 2.45. The zero-order valence-electron chi connectivity index (χ0n) is 11.9. The van der Waals surface area contributed by atoms with E-state index in [1.807, 2.05) is 6.92 Å². The van der Waals surface area contributed by atoms with Gasteiger partial charge < -0.3 is 10.1 Å². The van der Waals surface area contributed by atoms with Crippen LogP contribution in [0.1, 0.15) is 46.0 Å². The Balaban J connectivity index is 2.52. The molecule has 1 unspecified atom stereocenters. The van der Waals surface area contributed by atoms with Crippen molar-refractivity contribution in [2.45, 2.75) is 52.0 Å². The van der Waals surface area contributed by atoms with Gasteiger partial charge in [-0.3, -0.25) is 9.69 Å². The van der Waals surface area contributed by atoms with E-state index in [1.54, 1.807) is 0 Å². The molecule has 1 aliphatic rings. The number of hydrogen-bond acceptors (Lipinski definition) is 4. The summed E-state index contributed by atoms with van der Waals surface area (Å²) in [5.74, 6) is -0.0319. The van der Waals surface area contributed by atoms with Crippen LogP contribution in [0, 0.1) is 0 Å². The van der Waals surface area contributed by atoms with Gasteiger partial charge in [-0.1, -0.05) is 26.2 Å². The van der Waals surface area contributed by atoms with Crippen LogP contribution in [0.4, 0.5) is 0 Å². The molecule has 1 atom stereocenters. The molecule has 0 aromatic rings. The molecule has 0 spiro atoms. The molecule has 4 nitrogen and oxygen atoms in total. The standard InChI is InChI=1S/C14H28N2O2/c1-3-5-6-8-13(14(17)18-4-2)16-11-7-9-15-10-12-16/h13,15H,3-12H2,1-2H3. The Morgan fingerprint density at radius 3 is 2.83 bits per heavy atom. The molecule has 0 amide bonds. The summed E-state index contributed by atoms with van der Waals surface area (Å²) in [7, 11) is 0. The number of nitrogens with one attached hydrogen (secondary N) is 1. The lowest BCUT2D eigenvalue weighted by atomic mass is 10.1. The average molecular weight is 256 g/mol. The lowest BCUT2D eigenvalue weighted by Gasteiger charge is -2.28. The van der Waals surface area contributed by atoms with E-state index in [9.17, 15) is 4.79 Å². The molecule has 4 heteroatoms. The van der Waals surface area contributed by atoms with Crippen molar-refractivity contribution in [2.24, 2.45) is 0 Å². The van der Waals surface area contributed by atoms with E-state index < -0.39 is 0 Å². The molecule has 1 rings (SSSR count). The van der Waals surface area contributed by atoms with E-state index >= 15 is 0 Å². The monoisotopic (exact) mass is 256 g/mol. The highest BCUT2D eigenvalue weighted by molar-refractivity contribution is 5.75. The number of carbonyl (C=O) groups excluding carboxylic acids is 1. The minimum absolute atomic E-state index is 0.0311. The van der Waals surface area contributed by atoms with Crippen LogP contribution in [0.5, 0.6) is 0 Å². The van der Waals surface area contributed by atoms with E-state index in [0.717, 1.165) is 45.4 Å². The Labute approximate surface area is 111 Å². The second-order valence-electron chi connectivity index (χ2n) is 4.90. The van der Waals surface area contributed by atoms with Crippen LogP contribution in [0.3, 0.4) is 0 Å². The number of rotatable bonds is 7. The van der Waals surface area contributed by atoms with E-state index in [0.29, 0.717) is 6.61 Å². The molecule has 0 saturated carbocycles. The molecule has 1 N–H and O–H groups in total. The quantitative estimate of drug-likeness (QED) is 0.557. The molecule has 0 radical (unpaired) electrons. The van der Waals surface area contributed by atoms with Gasteiger partial charge in [0, 0.05) is 19.6 Å². The third-order valence-electron chi connectivity index (χ3n) is 3.46. The molecule has 0 aromatic heterocycles. The van der Waals surface area contributed by atoms with Crippen molar-refractivity contribution in [3.05, 3.63) is 0 Å². The van der Waals surface area contributed by atoms with Crippen LogP contribution in [-0.2, 0) is 9.53 Å². The fourth-order valence-electron chi connectivity index (χ4n) is 2.45. The van der Waals surface area contributed by atoms with E-state index in [4.69, 9.17) is 4.74 Å². The summed E-state index contributed by atoms with van der Waals surface area (Å²) >= 11 is 0. The molecular weight excluding hydrogens is 228 g/mol. The van der Waals surface area contributed by atoms with Crippen LogP contribution in [0.2, 0.25) is 0 Å². The molecule has 1 aliphatic heterocycles. The van der Waals surface area contributed by atoms with E-state index in [-0.39, 0.29) is 12.0 Å². The van der Waals surface area contributed by atoms with E-state index in [1.165, 1.54) is 12.8 Å². The number of nitrogens with zero attached hydrogens (tertiary/aromatic N) is 1. The van der Waals surface area contributed by atoms with Gasteiger partial charge in [-0.2, -0.15) is 0 Å². The van der Waals surface area contributed by atoms with Gasteiger partial charge in [-0.05, 0) is 26.3 Å². The van der Waals surface area contributed by atoms with Crippen LogP contribution in [0.25, 0.3) is 0 Å². The number of ether oxygens (including phenoxy) is 1. The molecule has 18 heavy (non-hydrogen) atoms. The maximum atomic E-state index is 12.1. The van der Waals surface area contributed by atoms with Crippen LogP contribution >= 0.6 is 0 Å². The topological polar surface area (TPSA) is 41.6 Å². The van der Waals surface area contributed by atoms with Crippen molar-refractivity contribution in [3.63, 3.8) is 0 Å². The van der Waals surface area contributed by atoms with Crippen molar-refractivity contribution in [1.29, 1.82) is 0 Å². The maximum Gasteiger partial charge on any atom is 0.323 e. The summed E-state index contributed by atoms with van der Waals surface area (Å²) in [4.78, 5) is 14.4. The van der Waals surface area contributed by atoms with Gasteiger partial charge in [0.2, 0.25) is 0 Å². The van der Waals surface area contributed by atoms with Crippen LogP contribution < -0.4 is 5.32 Å². The third-order valence-corrected chi connectivity index (χ3v) is 3.46. The summed E-state index contributed by atoms with van der Waals surface area (Å²) in [6, 6.07) is -0.0311. The van der Waals surface area contributed by atoms with Crippen molar-refractivity contribution in [3.8, 4) is 0 Å². The SMILES string of the molecule is CCCCCC(C(=O)OCC)N1CCCNCC1. The summed E-state index contributed by atoms with van der Waals surface area (Å²) in [5.41, 5.74) is 0. The van der Waals surface area contributed by atoms with Gasteiger partial charge in [-0.15, -0.1) is 0 Å². The first kappa shape index (κ1) is 15.4. The second kappa shape index (κ2) is 9.34. The minimum Gasteiger partial charge on any atom is -0.465 e. The van der Waals surface area contributed by atoms with Gasteiger partial charge in [-0.25, -0.2) is 0 Å². The molecule has 0 aromatic carbocycles. The lowest BCUT2D eigenvalue weighted by molar-refractivity contribution is -0.149. The number of esters is 1. The van der Waals surface area contributed by atoms with Crippen LogP contribution in [0.15, 0.2) is 0 Å². The van der Waals surface area contributed by atoms with Gasteiger partial charge in [0.1, 0.15) is 6.04 Å². The highest BCUT2D eigenvalue weighted by atomic mass is 16.5. The first-order valence-electron chi connectivity index (χ1n) is 7.41. The van der Waals surface area contributed by atoms with Crippen molar-refractivity contribution in [1.82, 2.24) is 10.2 Å². The number of hydrogen-bond donors (Lipinski definition) is 1. The lowest BCUT2D eigenvalue weighted by Crippen LogP contribution is -2.44. The molecule has 1 heterocycles. The Morgan fingerprint density at radius 1 is 1.28 bits per heavy atom. The fraction of sp³-hybridized carbons (Fsp3) is 0.929. The molecule has 1 fully saturated rings. The highest BCUT2D eigenvalue weighted by Gasteiger charge is 2.26. The van der Waals surface area contributed by atoms with Crippen molar-refractivity contribution < 1.29 is 9.53 Å². The van der Waals surface area contributed by atoms with Gasteiger partial charge in [0.25, 0.3) is 0 Å². The normalized spacial score (nSPS) is 19.2. The smallest absolute Gasteiger partial charge is 0.323 e. The van der Waals surface area contributed by atoms with Crippen molar-refractivity contribution in [2.75, 3.05) is 32.8 Å². The highest BCUT2D eigenvalue weighted by Crippen LogP contribution is 2.13. The molecule has 1 saturated heterocycles. The Bertz CT molecular complexity index is 226. The predicted octanol–water partition coefficient (Wildman–Crippen LogP) is 1.79. The molecule has 0 bridgehead atoms. The Hall–Kier alpha value is -0.610. The van der Waals surface area contributed by atoms with Gasteiger partial charge >= 0.3 is 5.97 Å². The summed E-state index contributed by atoms with van der Waals surface area (Å²) in [5, 5.41) is 3.38. The largest absolute Gasteiger partial charge is 0.465 e. The summed E-state index contributed by atoms with van der Waals surface area (Å²) in [6.45, 7) is 8.54.